The summed E-state index contributed by atoms with van der Waals surface area (Å²) in [6.45, 7) is 5.55. The number of hydrogen-bond acceptors (Lipinski definition) is 5. The van der Waals surface area contributed by atoms with Crippen molar-refractivity contribution in [1.82, 2.24) is 5.32 Å². The summed E-state index contributed by atoms with van der Waals surface area (Å²) in [7, 11) is 3.18. The minimum absolute atomic E-state index is 0.0818. The van der Waals surface area contributed by atoms with Crippen LogP contribution in [-0.4, -0.2) is 43.7 Å². The lowest BCUT2D eigenvalue weighted by atomic mass is 10.0. The monoisotopic (exact) mass is 339 g/mol. The van der Waals surface area contributed by atoms with Crippen LogP contribution in [-0.2, 0) is 11.2 Å². The van der Waals surface area contributed by atoms with E-state index in [0.717, 1.165) is 5.56 Å². The van der Waals surface area contributed by atoms with Crippen molar-refractivity contribution in [3.63, 3.8) is 0 Å². The number of alkyl carbamates (subject to hydrolysis) is 1. The average Bonchev–Trinajstić information content (AvgIpc) is 2.50. The van der Waals surface area contributed by atoms with E-state index in [9.17, 15) is 4.79 Å². The largest absolute Gasteiger partial charge is 0.493 e. The molecule has 0 radical (unpaired) electrons. The van der Waals surface area contributed by atoms with Crippen LogP contribution in [0.15, 0.2) is 18.2 Å². The number of hydrogen-bond donors (Lipinski definition) is 2. The van der Waals surface area contributed by atoms with Crippen LogP contribution < -0.4 is 14.8 Å². The molecule has 1 amide bonds. The number of methoxy groups -OCH3 is 2. The lowest BCUT2D eigenvalue weighted by Gasteiger charge is -2.24. The lowest BCUT2D eigenvalue weighted by Crippen LogP contribution is -2.40. The Balaban J connectivity index is 2.80. The molecular formula is C18H29NO5. The summed E-state index contributed by atoms with van der Waals surface area (Å²) in [4.78, 5) is 12.0. The zero-order valence-corrected chi connectivity index (χ0v) is 15.2. The summed E-state index contributed by atoms with van der Waals surface area (Å²) in [6, 6.07) is 5.53. The third-order valence-electron chi connectivity index (χ3n) is 3.36. The normalized spacial score (nSPS) is 12.4. The molecule has 0 fully saturated rings. The molecule has 0 saturated carbocycles. The van der Waals surface area contributed by atoms with Gasteiger partial charge in [-0.2, -0.15) is 0 Å². The van der Waals surface area contributed by atoms with Crippen molar-refractivity contribution in [3.05, 3.63) is 23.8 Å². The molecule has 6 heteroatoms. The maximum Gasteiger partial charge on any atom is 0.407 e. The van der Waals surface area contributed by atoms with E-state index in [1.54, 1.807) is 14.2 Å². The highest BCUT2D eigenvalue weighted by molar-refractivity contribution is 5.68. The Bertz CT molecular complexity index is 525. The molecule has 0 spiro atoms. The topological polar surface area (TPSA) is 77.0 Å². The maximum absolute atomic E-state index is 12.0. The van der Waals surface area contributed by atoms with Gasteiger partial charge in [0.1, 0.15) is 5.60 Å². The number of benzene rings is 1. The second kappa shape index (κ2) is 9.37. The second-order valence-electron chi connectivity index (χ2n) is 6.60. The Morgan fingerprint density at radius 2 is 1.88 bits per heavy atom. The lowest BCUT2D eigenvalue weighted by molar-refractivity contribution is 0.0499. The van der Waals surface area contributed by atoms with Gasteiger partial charge in [0.05, 0.1) is 14.2 Å². The fourth-order valence-electron chi connectivity index (χ4n) is 2.33. The number of nitrogens with one attached hydrogen (secondary N) is 1. The summed E-state index contributed by atoms with van der Waals surface area (Å²) in [6.07, 6.45) is 1.42. The molecule has 0 saturated heterocycles. The third kappa shape index (κ3) is 7.08. The first-order chi connectivity index (χ1) is 11.3. The van der Waals surface area contributed by atoms with Gasteiger partial charge in [0.25, 0.3) is 0 Å². The van der Waals surface area contributed by atoms with E-state index >= 15 is 0 Å². The van der Waals surface area contributed by atoms with Crippen molar-refractivity contribution in [2.75, 3.05) is 20.8 Å². The van der Waals surface area contributed by atoms with Crippen molar-refractivity contribution in [3.8, 4) is 11.5 Å². The molecule has 1 atom stereocenters. The van der Waals surface area contributed by atoms with E-state index in [4.69, 9.17) is 19.3 Å². The van der Waals surface area contributed by atoms with Gasteiger partial charge >= 0.3 is 6.09 Å². The van der Waals surface area contributed by atoms with E-state index in [1.165, 1.54) is 0 Å². The van der Waals surface area contributed by atoms with E-state index in [2.05, 4.69) is 5.32 Å². The SMILES string of the molecule is COc1ccc(C[C@H](CCCO)NC(=O)OC(C)(C)C)cc1OC. The smallest absolute Gasteiger partial charge is 0.407 e. The summed E-state index contributed by atoms with van der Waals surface area (Å²) in [5.74, 6) is 1.31. The van der Waals surface area contributed by atoms with Gasteiger partial charge in [-0.3, -0.25) is 0 Å². The van der Waals surface area contributed by atoms with Gasteiger partial charge in [-0.05, 0) is 57.7 Å². The Morgan fingerprint density at radius 1 is 1.21 bits per heavy atom. The number of aliphatic hydroxyl groups excluding tert-OH is 1. The Labute approximate surface area is 144 Å². The van der Waals surface area contributed by atoms with Crippen LogP contribution >= 0.6 is 0 Å². The minimum atomic E-state index is -0.547. The Kier molecular flexibility index (Phi) is 7.85. The summed E-state index contributed by atoms with van der Waals surface area (Å²) in [5, 5.41) is 12.0. The number of carbonyl (C=O) groups excluding carboxylic acids is 1. The van der Waals surface area contributed by atoms with Gasteiger partial charge in [0.2, 0.25) is 0 Å². The Hall–Kier alpha value is -1.95. The van der Waals surface area contributed by atoms with Crippen molar-refractivity contribution in [2.24, 2.45) is 0 Å². The van der Waals surface area contributed by atoms with E-state index < -0.39 is 11.7 Å². The molecule has 0 unspecified atom stereocenters. The van der Waals surface area contributed by atoms with Crippen molar-refractivity contribution >= 4 is 6.09 Å². The van der Waals surface area contributed by atoms with Gasteiger partial charge in [0, 0.05) is 12.6 Å². The quantitative estimate of drug-likeness (QED) is 0.761. The number of amides is 1. The predicted octanol–water partition coefficient (Wildman–Crippen LogP) is 2.91. The van der Waals surface area contributed by atoms with Gasteiger partial charge in [-0.1, -0.05) is 6.07 Å². The molecule has 1 aromatic carbocycles. The highest BCUT2D eigenvalue weighted by Gasteiger charge is 2.20. The molecule has 0 aliphatic carbocycles. The molecule has 1 rings (SSSR count). The number of aliphatic hydroxyl groups is 1. The van der Waals surface area contributed by atoms with E-state index in [1.807, 2.05) is 39.0 Å². The highest BCUT2D eigenvalue weighted by atomic mass is 16.6. The minimum Gasteiger partial charge on any atom is -0.493 e. The molecule has 0 aliphatic heterocycles. The molecule has 0 aromatic heterocycles. The fraction of sp³-hybridized carbons (Fsp3) is 0.611. The zero-order chi connectivity index (χ0) is 18.2. The molecule has 24 heavy (non-hydrogen) atoms. The van der Waals surface area contributed by atoms with Crippen molar-refractivity contribution in [2.45, 2.75) is 51.7 Å². The van der Waals surface area contributed by atoms with Crippen LogP contribution in [0.25, 0.3) is 0 Å². The first kappa shape index (κ1) is 20.1. The summed E-state index contributed by atoms with van der Waals surface area (Å²) >= 11 is 0. The Morgan fingerprint density at radius 3 is 2.42 bits per heavy atom. The number of carbonyl (C=O) groups is 1. The van der Waals surface area contributed by atoms with Crippen LogP contribution in [0.2, 0.25) is 0 Å². The van der Waals surface area contributed by atoms with Crippen molar-refractivity contribution < 1.29 is 24.1 Å². The van der Waals surface area contributed by atoms with Gasteiger partial charge in [-0.25, -0.2) is 4.79 Å². The van der Waals surface area contributed by atoms with Gasteiger partial charge in [0.15, 0.2) is 11.5 Å². The molecule has 0 aliphatic rings. The third-order valence-corrected chi connectivity index (χ3v) is 3.36. The number of rotatable bonds is 8. The van der Waals surface area contributed by atoms with E-state index in [-0.39, 0.29) is 12.6 Å². The molecular weight excluding hydrogens is 310 g/mol. The first-order valence-electron chi connectivity index (χ1n) is 8.10. The standard InChI is InChI=1S/C18H29NO5/c1-18(2,3)24-17(21)19-14(7-6-10-20)11-13-8-9-15(22-4)16(12-13)23-5/h8-9,12,14,20H,6-7,10-11H2,1-5H3,(H,19,21)/t14-/m0/s1. The predicted molar refractivity (Wildman–Crippen MR) is 92.7 cm³/mol. The van der Waals surface area contributed by atoms with Crippen LogP contribution in [0.4, 0.5) is 4.79 Å². The highest BCUT2D eigenvalue weighted by Crippen LogP contribution is 2.28. The molecule has 0 bridgehead atoms. The molecule has 6 nitrogen and oxygen atoms in total. The van der Waals surface area contributed by atoms with Crippen LogP contribution in [0.5, 0.6) is 11.5 Å². The zero-order valence-electron chi connectivity index (χ0n) is 15.2. The molecule has 1 aromatic rings. The van der Waals surface area contributed by atoms with Crippen molar-refractivity contribution in [1.29, 1.82) is 0 Å². The molecule has 136 valence electrons. The average molecular weight is 339 g/mol. The summed E-state index contributed by atoms with van der Waals surface area (Å²) in [5.41, 5.74) is 0.459. The first-order valence-corrected chi connectivity index (χ1v) is 8.10. The molecule has 0 heterocycles. The fourth-order valence-corrected chi connectivity index (χ4v) is 2.33. The number of ether oxygens (including phenoxy) is 3. The van der Waals surface area contributed by atoms with Gasteiger partial charge in [-0.15, -0.1) is 0 Å². The van der Waals surface area contributed by atoms with Crippen LogP contribution in [0.1, 0.15) is 39.2 Å². The summed E-state index contributed by atoms with van der Waals surface area (Å²) < 4.78 is 15.9. The van der Waals surface area contributed by atoms with E-state index in [0.29, 0.717) is 30.8 Å². The molecule has 2 N–H and O–H groups in total. The second-order valence-corrected chi connectivity index (χ2v) is 6.60. The van der Waals surface area contributed by atoms with Gasteiger partial charge < -0.3 is 24.6 Å². The maximum atomic E-state index is 12.0. The van der Waals surface area contributed by atoms with Crippen LogP contribution in [0, 0.1) is 0 Å². The van der Waals surface area contributed by atoms with Crippen LogP contribution in [0.3, 0.4) is 0 Å².